The van der Waals surface area contributed by atoms with E-state index >= 15 is 0 Å². The number of ether oxygens (including phenoxy) is 2. The Hall–Kier alpha value is -2.17. The number of amides is 1. The minimum absolute atomic E-state index is 0.0255. The Bertz CT molecular complexity index is 953. The lowest BCUT2D eigenvalue weighted by molar-refractivity contribution is -0.383. The lowest BCUT2D eigenvalue weighted by Gasteiger charge is -2.43. The largest absolute Gasteiger partial charge is 0.524 e. The van der Waals surface area contributed by atoms with Gasteiger partial charge >= 0.3 is 6.36 Å². The van der Waals surface area contributed by atoms with Crippen LogP contribution in [0.25, 0.3) is 11.3 Å². The van der Waals surface area contributed by atoms with Crippen molar-refractivity contribution in [2.75, 3.05) is 6.61 Å². The molecule has 1 saturated heterocycles. The zero-order chi connectivity index (χ0) is 22.2. The molecular weight excluding hydrogens is 442 g/mol. The molecule has 1 aromatic carbocycles. The van der Waals surface area contributed by atoms with Crippen molar-refractivity contribution >= 4 is 17.5 Å². The number of nitrogens with one attached hydrogen (secondary N) is 1. The van der Waals surface area contributed by atoms with Crippen molar-refractivity contribution in [1.82, 2.24) is 14.9 Å². The summed E-state index contributed by atoms with van der Waals surface area (Å²) in [6.07, 6.45) is -0.665. The number of alkyl halides is 3. The first kappa shape index (κ1) is 22.0. The van der Waals surface area contributed by atoms with Crippen LogP contribution in [0, 0.1) is 5.82 Å². The third-order valence-electron chi connectivity index (χ3n) is 5.61. The van der Waals surface area contributed by atoms with Gasteiger partial charge in [0.2, 0.25) is 0 Å². The lowest BCUT2D eigenvalue weighted by Crippen LogP contribution is -2.60. The summed E-state index contributed by atoms with van der Waals surface area (Å²) >= 11 is 5.71. The van der Waals surface area contributed by atoms with Crippen molar-refractivity contribution in [3.8, 4) is 11.3 Å². The number of imidazole rings is 1. The topological polar surface area (TPSA) is 65.4 Å². The molecule has 1 aliphatic carbocycles. The van der Waals surface area contributed by atoms with Gasteiger partial charge in [-0.2, -0.15) is 0 Å². The van der Waals surface area contributed by atoms with E-state index in [9.17, 15) is 22.4 Å². The van der Waals surface area contributed by atoms with Crippen LogP contribution in [0.5, 0.6) is 0 Å². The van der Waals surface area contributed by atoms with Crippen LogP contribution in [-0.2, 0) is 14.3 Å². The van der Waals surface area contributed by atoms with E-state index in [0.29, 0.717) is 30.5 Å². The molecule has 6 nitrogen and oxygen atoms in total. The smallest absolute Gasteiger partial charge is 0.366 e. The van der Waals surface area contributed by atoms with Gasteiger partial charge in [0.25, 0.3) is 5.91 Å². The standard InChI is InChI=1S/C20H20ClF4N3O3/c21-14-4-2-12(8-15(14)22)16-9-28(11-26-16)13-3-5-17(30-10-13)18(29)27-19(6-1-7-19)31-20(23,24)25/h2,4,8-9,11,13,17H,1,3,5-7,10H2,(H,27,29)/t13-,17+/m1/s1. The Labute approximate surface area is 180 Å². The van der Waals surface area contributed by atoms with Gasteiger partial charge < -0.3 is 14.6 Å². The summed E-state index contributed by atoms with van der Waals surface area (Å²) in [5, 5.41) is 2.40. The van der Waals surface area contributed by atoms with Gasteiger partial charge in [-0.15, -0.1) is 13.2 Å². The van der Waals surface area contributed by atoms with Crippen LogP contribution in [0.2, 0.25) is 5.02 Å². The Kier molecular flexibility index (Phi) is 5.97. The Balaban J connectivity index is 1.34. The van der Waals surface area contributed by atoms with Gasteiger partial charge in [-0.1, -0.05) is 17.7 Å². The van der Waals surface area contributed by atoms with E-state index in [1.54, 1.807) is 18.6 Å². The van der Waals surface area contributed by atoms with Gasteiger partial charge in [0, 0.05) is 11.8 Å². The van der Waals surface area contributed by atoms with Crippen molar-refractivity contribution in [1.29, 1.82) is 0 Å². The number of hydrogen-bond donors (Lipinski definition) is 1. The van der Waals surface area contributed by atoms with Crippen LogP contribution in [0.4, 0.5) is 17.6 Å². The molecule has 0 spiro atoms. The van der Waals surface area contributed by atoms with Crippen LogP contribution < -0.4 is 5.32 Å². The molecular formula is C20H20ClF4N3O3. The van der Waals surface area contributed by atoms with E-state index < -0.39 is 29.9 Å². The molecule has 31 heavy (non-hydrogen) atoms. The molecule has 1 amide bonds. The van der Waals surface area contributed by atoms with Crippen LogP contribution in [-0.4, -0.2) is 40.3 Å². The molecule has 2 aromatic rings. The zero-order valence-corrected chi connectivity index (χ0v) is 17.0. The van der Waals surface area contributed by atoms with E-state index in [4.69, 9.17) is 16.3 Å². The molecule has 0 radical (unpaired) electrons. The fourth-order valence-electron chi connectivity index (χ4n) is 3.80. The highest BCUT2D eigenvalue weighted by atomic mass is 35.5. The Morgan fingerprint density at radius 2 is 2.10 bits per heavy atom. The van der Waals surface area contributed by atoms with Crippen molar-refractivity contribution in [2.24, 2.45) is 0 Å². The van der Waals surface area contributed by atoms with E-state index in [2.05, 4.69) is 15.0 Å². The van der Waals surface area contributed by atoms with Crippen LogP contribution in [0.3, 0.4) is 0 Å². The molecule has 1 aromatic heterocycles. The summed E-state index contributed by atoms with van der Waals surface area (Å²) in [6.45, 7) is 0.190. The first-order valence-corrected chi connectivity index (χ1v) is 10.2. The molecule has 2 fully saturated rings. The van der Waals surface area contributed by atoms with Gasteiger partial charge in [0.1, 0.15) is 17.6 Å². The highest BCUT2D eigenvalue weighted by Gasteiger charge is 2.49. The Morgan fingerprint density at radius 1 is 1.32 bits per heavy atom. The van der Waals surface area contributed by atoms with E-state index in [-0.39, 0.29) is 30.5 Å². The summed E-state index contributed by atoms with van der Waals surface area (Å²) in [7, 11) is 0. The van der Waals surface area contributed by atoms with Crippen molar-refractivity contribution in [3.05, 3.63) is 41.6 Å². The van der Waals surface area contributed by atoms with Gasteiger partial charge in [-0.3, -0.25) is 9.53 Å². The number of nitrogens with zero attached hydrogens (tertiary/aromatic N) is 2. The van der Waals surface area contributed by atoms with Gasteiger partial charge in [0.05, 0.1) is 29.7 Å². The molecule has 2 aliphatic rings. The third-order valence-corrected chi connectivity index (χ3v) is 5.91. The molecule has 4 rings (SSSR count). The number of halogens is 5. The van der Waals surface area contributed by atoms with Crippen molar-refractivity contribution in [3.63, 3.8) is 0 Å². The maximum Gasteiger partial charge on any atom is 0.524 e. The van der Waals surface area contributed by atoms with Gasteiger partial charge in [-0.05, 0) is 44.2 Å². The number of carbonyl (C=O) groups is 1. The predicted molar refractivity (Wildman–Crippen MR) is 103 cm³/mol. The van der Waals surface area contributed by atoms with Crippen LogP contribution in [0.1, 0.15) is 38.1 Å². The summed E-state index contributed by atoms with van der Waals surface area (Å²) in [5.74, 6) is -1.15. The number of hydrogen-bond acceptors (Lipinski definition) is 4. The lowest BCUT2D eigenvalue weighted by atomic mass is 9.87. The van der Waals surface area contributed by atoms with Gasteiger partial charge in [-0.25, -0.2) is 9.37 Å². The predicted octanol–water partition coefficient (Wildman–Crippen LogP) is 4.60. The fraction of sp³-hybridized carbons (Fsp3) is 0.500. The molecule has 2 atom stereocenters. The minimum Gasteiger partial charge on any atom is -0.366 e. The van der Waals surface area contributed by atoms with E-state index in [1.165, 1.54) is 12.1 Å². The van der Waals surface area contributed by atoms with Gasteiger partial charge in [0.15, 0.2) is 0 Å². The van der Waals surface area contributed by atoms with Crippen molar-refractivity contribution in [2.45, 2.75) is 56.3 Å². The highest BCUT2D eigenvalue weighted by Crippen LogP contribution is 2.38. The average molecular weight is 462 g/mol. The second-order valence-electron chi connectivity index (χ2n) is 7.77. The molecule has 0 bridgehead atoms. The number of benzene rings is 1. The van der Waals surface area contributed by atoms with Crippen LogP contribution >= 0.6 is 11.6 Å². The van der Waals surface area contributed by atoms with E-state index in [1.807, 2.05) is 4.57 Å². The zero-order valence-electron chi connectivity index (χ0n) is 16.3. The first-order chi connectivity index (χ1) is 14.6. The molecule has 0 unspecified atom stereocenters. The highest BCUT2D eigenvalue weighted by molar-refractivity contribution is 6.30. The number of rotatable bonds is 5. The maximum absolute atomic E-state index is 13.7. The first-order valence-electron chi connectivity index (χ1n) is 9.84. The minimum atomic E-state index is -4.82. The van der Waals surface area contributed by atoms with E-state index in [0.717, 1.165) is 0 Å². The molecule has 11 heteroatoms. The number of carbonyl (C=O) groups excluding carboxylic acids is 1. The normalized spacial score (nSPS) is 23.3. The number of aromatic nitrogens is 2. The van der Waals surface area contributed by atoms with Crippen LogP contribution in [0.15, 0.2) is 30.7 Å². The van der Waals surface area contributed by atoms with Crippen molar-refractivity contribution < 1.29 is 31.8 Å². The maximum atomic E-state index is 13.7. The average Bonchev–Trinajstić information content (AvgIpc) is 3.17. The molecule has 168 valence electrons. The molecule has 2 heterocycles. The molecule has 1 N–H and O–H groups in total. The summed E-state index contributed by atoms with van der Waals surface area (Å²) in [5.41, 5.74) is -0.556. The molecule has 1 saturated carbocycles. The fourth-order valence-corrected chi connectivity index (χ4v) is 3.92. The summed E-state index contributed by atoms with van der Waals surface area (Å²) in [4.78, 5) is 16.7. The third kappa shape index (κ3) is 5.02. The monoisotopic (exact) mass is 461 g/mol. The second kappa shape index (κ2) is 8.40. The Morgan fingerprint density at radius 3 is 2.68 bits per heavy atom. The summed E-state index contributed by atoms with van der Waals surface area (Å²) in [6, 6.07) is 4.31. The molecule has 1 aliphatic heterocycles. The SMILES string of the molecule is O=C(NC1(OC(F)(F)F)CCC1)[C@@H]1CC[C@@H](n2cnc(-c3ccc(Cl)c(F)c3)c2)CO1. The second-order valence-corrected chi connectivity index (χ2v) is 8.18. The summed E-state index contributed by atoms with van der Waals surface area (Å²) < 4.78 is 63.2. The quantitative estimate of drug-likeness (QED) is 0.522.